The summed E-state index contributed by atoms with van der Waals surface area (Å²) in [4.78, 5) is 25.1. The molecule has 28 heavy (non-hydrogen) atoms. The van der Waals surface area contributed by atoms with Crippen molar-refractivity contribution in [3.05, 3.63) is 59.2 Å². The summed E-state index contributed by atoms with van der Waals surface area (Å²) < 4.78 is 0. The first-order valence-electron chi connectivity index (χ1n) is 9.64. The number of fused-ring (bicyclic) bond motifs is 1. The summed E-state index contributed by atoms with van der Waals surface area (Å²) >= 11 is 0. The molecule has 2 N–H and O–H groups in total. The summed E-state index contributed by atoms with van der Waals surface area (Å²) in [5.41, 5.74) is 5.01. The second-order valence-corrected chi connectivity index (χ2v) is 8.47. The van der Waals surface area contributed by atoms with E-state index >= 15 is 0 Å². The predicted molar refractivity (Wildman–Crippen MR) is 111 cm³/mol. The fraction of sp³-hybridized carbons (Fsp3) is 0.391. The first-order chi connectivity index (χ1) is 13.2. The van der Waals surface area contributed by atoms with Crippen molar-refractivity contribution in [2.45, 2.75) is 33.1 Å². The molecule has 2 aromatic carbocycles. The number of carbonyl (C=O) groups is 2. The Kier molecular flexibility index (Phi) is 5.45. The number of hydrogen-bond donors (Lipinski definition) is 2. The number of benzene rings is 2. The van der Waals surface area contributed by atoms with Crippen molar-refractivity contribution >= 4 is 12.0 Å². The zero-order valence-electron chi connectivity index (χ0n) is 17.0. The van der Waals surface area contributed by atoms with Crippen LogP contribution in [-0.4, -0.2) is 42.1 Å². The molecule has 2 aromatic rings. The van der Waals surface area contributed by atoms with Gasteiger partial charge in [0.05, 0.1) is 0 Å². The van der Waals surface area contributed by atoms with E-state index in [0.717, 1.165) is 11.1 Å². The molecule has 2 amide bonds. The van der Waals surface area contributed by atoms with E-state index in [9.17, 15) is 14.7 Å². The van der Waals surface area contributed by atoms with Gasteiger partial charge in [-0.2, -0.15) is 0 Å². The maximum absolute atomic E-state index is 12.0. The summed E-state index contributed by atoms with van der Waals surface area (Å²) in [6.07, 6.45) is -0.169. The molecule has 0 bridgehead atoms. The van der Waals surface area contributed by atoms with Gasteiger partial charge in [0.25, 0.3) is 5.91 Å². The lowest BCUT2D eigenvalue weighted by Crippen LogP contribution is -2.36. The van der Waals surface area contributed by atoms with Crippen LogP contribution >= 0.6 is 0 Å². The van der Waals surface area contributed by atoms with E-state index in [1.165, 1.54) is 16.0 Å². The van der Waals surface area contributed by atoms with Gasteiger partial charge in [-0.15, -0.1) is 0 Å². The van der Waals surface area contributed by atoms with Crippen molar-refractivity contribution < 1.29 is 14.7 Å². The molecular weight excluding hydrogens is 352 g/mol. The highest BCUT2D eigenvalue weighted by molar-refractivity contribution is 5.95. The Labute approximate surface area is 166 Å². The molecule has 0 aliphatic carbocycles. The van der Waals surface area contributed by atoms with E-state index in [0.29, 0.717) is 25.1 Å². The average Bonchev–Trinajstić information content (AvgIpc) is 2.86. The van der Waals surface area contributed by atoms with Crippen LogP contribution in [0.5, 0.6) is 0 Å². The van der Waals surface area contributed by atoms with Crippen LogP contribution in [0.4, 0.5) is 4.79 Å². The molecular formula is C23H28N2O3. The summed E-state index contributed by atoms with van der Waals surface area (Å²) in [6.45, 7) is 7.49. The molecule has 1 aliphatic rings. The first-order valence-corrected chi connectivity index (χ1v) is 9.64. The van der Waals surface area contributed by atoms with Gasteiger partial charge in [0.1, 0.15) is 0 Å². The van der Waals surface area contributed by atoms with Crippen molar-refractivity contribution in [1.29, 1.82) is 0 Å². The third kappa shape index (κ3) is 4.03. The van der Waals surface area contributed by atoms with Gasteiger partial charge in [-0.1, -0.05) is 51.1 Å². The van der Waals surface area contributed by atoms with Gasteiger partial charge >= 0.3 is 6.09 Å². The maximum Gasteiger partial charge on any atom is 0.407 e. The average molecular weight is 380 g/mol. The molecule has 0 saturated carbocycles. The Bertz CT molecular complexity index is 899. The van der Waals surface area contributed by atoms with Gasteiger partial charge in [0.2, 0.25) is 0 Å². The van der Waals surface area contributed by atoms with Crippen molar-refractivity contribution in [3.8, 4) is 11.1 Å². The maximum atomic E-state index is 12.0. The lowest BCUT2D eigenvalue weighted by atomic mass is 9.74. The van der Waals surface area contributed by atoms with E-state index in [2.05, 4.69) is 44.3 Å². The van der Waals surface area contributed by atoms with E-state index < -0.39 is 6.09 Å². The SMILES string of the molecule is CNC(=O)c1cccc(-c2ccc3c(c2)CCN(C(=O)O)CC3C(C)(C)C)c1. The van der Waals surface area contributed by atoms with Crippen molar-refractivity contribution in [2.75, 3.05) is 20.1 Å². The molecule has 1 atom stereocenters. The Morgan fingerprint density at radius 3 is 2.46 bits per heavy atom. The molecule has 148 valence electrons. The third-order valence-electron chi connectivity index (χ3n) is 5.57. The smallest absolute Gasteiger partial charge is 0.407 e. The van der Waals surface area contributed by atoms with Crippen LogP contribution in [0.3, 0.4) is 0 Å². The summed E-state index contributed by atoms with van der Waals surface area (Å²) in [5.74, 6) is 0.0221. The molecule has 1 heterocycles. The molecule has 1 aliphatic heterocycles. The second-order valence-electron chi connectivity index (χ2n) is 8.47. The molecule has 5 heteroatoms. The van der Waals surface area contributed by atoms with Crippen molar-refractivity contribution in [1.82, 2.24) is 10.2 Å². The lowest BCUT2D eigenvalue weighted by Gasteiger charge is -2.33. The highest BCUT2D eigenvalue weighted by Gasteiger charge is 2.33. The summed E-state index contributed by atoms with van der Waals surface area (Å²) in [6, 6.07) is 13.9. The standard InChI is InChI=1S/C23H28N2O3/c1-23(2,3)20-14-25(22(27)28)11-10-17-12-16(8-9-19(17)20)15-6-5-7-18(13-15)21(26)24-4/h5-9,12-13,20H,10-11,14H2,1-4H3,(H,24,26)(H,27,28). The molecule has 5 nitrogen and oxygen atoms in total. The van der Waals surface area contributed by atoms with Gasteiger partial charge in [0, 0.05) is 31.6 Å². The predicted octanol–water partition coefficient (Wildman–Crippen LogP) is 4.38. The summed E-state index contributed by atoms with van der Waals surface area (Å²) in [5, 5.41) is 12.2. The van der Waals surface area contributed by atoms with Crippen molar-refractivity contribution in [3.63, 3.8) is 0 Å². The monoisotopic (exact) mass is 380 g/mol. The van der Waals surface area contributed by atoms with E-state index in [1.807, 2.05) is 18.2 Å². The number of nitrogens with one attached hydrogen (secondary N) is 1. The minimum Gasteiger partial charge on any atom is -0.465 e. The minimum absolute atomic E-state index is 0.0482. The quantitative estimate of drug-likeness (QED) is 0.812. The minimum atomic E-state index is -0.861. The fourth-order valence-electron chi connectivity index (χ4n) is 3.91. The van der Waals surface area contributed by atoms with Crippen LogP contribution in [0.1, 0.15) is 48.2 Å². The highest BCUT2D eigenvalue weighted by atomic mass is 16.4. The van der Waals surface area contributed by atoms with E-state index in [4.69, 9.17) is 0 Å². The Hall–Kier alpha value is -2.82. The number of rotatable bonds is 2. The Morgan fingerprint density at radius 1 is 1.11 bits per heavy atom. The van der Waals surface area contributed by atoms with Crippen LogP contribution in [-0.2, 0) is 6.42 Å². The normalized spacial score (nSPS) is 16.9. The number of carbonyl (C=O) groups excluding carboxylic acids is 1. The van der Waals surface area contributed by atoms with E-state index in [-0.39, 0.29) is 17.2 Å². The number of amides is 2. The number of carboxylic acid groups (broad SMARTS) is 1. The molecule has 1 unspecified atom stereocenters. The highest BCUT2D eigenvalue weighted by Crippen LogP contribution is 2.40. The Balaban J connectivity index is 2.03. The van der Waals surface area contributed by atoms with Crippen LogP contribution < -0.4 is 5.32 Å². The van der Waals surface area contributed by atoms with Crippen LogP contribution in [0, 0.1) is 5.41 Å². The Morgan fingerprint density at radius 2 is 1.82 bits per heavy atom. The van der Waals surface area contributed by atoms with Crippen LogP contribution in [0.2, 0.25) is 0 Å². The van der Waals surface area contributed by atoms with E-state index in [1.54, 1.807) is 13.1 Å². The number of nitrogens with zero attached hydrogens (tertiary/aromatic N) is 1. The summed E-state index contributed by atoms with van der Waals surface area (Å²) in [7, 11) is 1.62. The number of hydrogen-bond acceptors (Lipinski definition) is 2. The van der Waals surface area contributed by atoms with Crippen molar-refractivity contribution in [2.24, 2.45) is 5.41 Å². The van der Waals surface area contributed by atoms with Crippen LogP contribution in [0.15, 0.2) is 42.5 Å². The van der Waals surface area contributed by atoms with Gasteiger partial charge in [-0.3, -0.25) is 4.79 Å². The molecule has 3 rings (SSSR count). The van der Waals surface area contributed by atoms with Gasteiger partial charge in [-0.05, 0) is 46.2 Å². The zero-order valence-corrected chi connectivity index (χ0v) is 17.0. The van der Waals surface area contributed by atoms with Gasteiger partial charge < -0.3 is 15.3 Å². The van der Waals surface area contributed by atoms with Gasteiger partial charge in [-0.25, -0.2) is 4.79 Å². The van der Waals surface area contributed by atoms with Gasteiger partial charge in [0.15, 0.2) is 0 Å². The zero-order chi connectivity index (χ0) is 20.5. The molecule has 0 spiro atoms. The lowest BCUT2D eigenvalue weighted by molar-refractivity contribution is 0.0963. The molecule has 0 aromatic heterocycles. The molecule has 0 radical (unpaired) electrons. The van der Waals surface area contributed by atoms with Crippen LogP contribution in [0.25, 0.3) is 11.1 Å². The second kappa shape index (κ2) is 7.66. The molecule has 0 fully saturated rings. The molecule has 0 saturated heterocycles. The fourth-order valence-corrected chi connectivity index (χ4v) is 3.91. The topological polar surface area (TPSA) is 69.6 Å². The first kappa shape index (κ1) is 19.9. The largest absolute Gasteiger partial charge is 0.465 e. The third-order valence-corrected chi connectivity index (χ3v) is 5.57.